The third kappa shape index (κ3) is 1.57. The molecule has 18 heavy (non-hydrogen) atoms. The summed E-state index contributed by atoms with van der Waals surface area (Å²) >= 11 is 0. The number of nitrogens with zero attached hydrogens (tertiary/aromatic N) is 1. The number of aromatic amines is 1. The van der Waals surface area contributed by atoms with Gasteiger partial charge >= 0.3 is 0 Å². The van der Waals surface area contributed by atoms with Crippen LogP contribution in [-0.2, 0) is 0 Å². The molecule has 0 fully saturated rings. The molecule has 1 aromatic carbocycles. The zero-order valence-corrected chi connectivity index (χ0v) is 10.3. The Balaban J connectivity index is 2.17. The fraction of sp³-hybridized carbons (Fsp3) is 0.214. The lowest BCUT2D eigenvalue weighted by molar-refractivity contribution is 0.446. The summed E-state index contributed by atoms with van der Waals surface area (Å²) < 4.78 is 5.47. The van der Waals surface area contributed by atoms with Gasteiger partial charge in [-0.15, -0.1) is 0 Å². The van der Waals surface area contributed by atoms with Gasteiger partial charge in [-0.05, 0) is 12.0 Å². The number of hydrogen-bond donors (Lipinski definition) is 2. The summed E-state index contributed by atoms with van der Waals surface area (Å²) in [6.45, 7) is 4.01. The summed E-state index contributed by atoms with van der Waals surface area (Å²) in [4.78, 5) is 7.32. The molecule has 2 aromatic heterocycles. The van der Waals surface area contributed by atoms with Gasteiger partial charge in [0, 0.05) is 5.39 Å². The predicted octanol–water partition coefficient (Wildman–Crippen LogP) is 3.65. The number of aromatic hydroxyl groups is 1. The van der Waals surface area contributed by atoms with Gasteiger partial charge in [-0.25, -0.2) is 0 Å². The minimum atomic E-state index is 0.0604. The third-order valence-electron chi connectivity index (χ3n) is 3.03. The van der Waals surface area contributed by atoms with E-state index in [4.69, 9.17) is 4.42 Å². The molecule has 2 heterocycles. The van der Waals surface area contributed by atoms with Gasteiger partial charge in [0.15, 0.2) is 0 Å². The maximum absolute atomic E-state index is 9.80. The molecule has 0 saturated carbocycles. The van der Waals surface area contributed by atoms with Crippen LogP contribution in [0.2, 0.25) is 0 Å². The largest absolute Gasteiger partial charge is 0.492 e. The Morgan fingerprint density at radius 1 is 1.28 bits per heavy atom. The van der Waals surface area contributed by atoms with E-state index in [0.717, 1.165) is 22.2 Å². The Hall–Kier alpha value is -2.23. The quantitative estimate of drug-likeness (QED) is 0.721. The fourth-order valence-electron chi connectivity index (χ4n) is 2.07. The molecule has 2 N–H and O–H groups in total. The summed E-state index contributed by atoms with van der Waals surface area (Å²) in [6.07, 6.45) is 1.66. The van der Waals surface area contributed by atoms with Crippen LogP contribution in [-0.4, -0.2) is 15.1 Å². The number of aromatic nitrogens is 2. The average molecular weight is 242 g/mol. The number of hydrogen-bond acceptors (Lipinski definition) is 3. The molecular weight excluding hydrogens is 228 g/mol. The molecule has 3 aromatic rings. The van der Waals surface area contributed by atoms with E-state index < -0.39 is 0 Å². The second-order valence-corrected chi connectivity index (χ2v) is 4.62. The molecule has 0 spiro atoms. The van der Waals surface area contributed by atoms with Gasteiger partial charge in [0.1, 0.15) is 17.7 Å². The Morgan fingerprint density at radius 3 is 2.78 bits per heavy atom. The topological polar surface area (TPSA) is 62.0 Å². The number of para-hydroxylation sites is 1. The van der Waals surface area contributed by atoms with Crippen molar-refractivity contribution in [1.82, 2.24) is 9.97 Å². The number of furan rings is 1. The van der Waals surface area contributed by atoms with E-state index in [0.29, 0.717) is 5.82 Å². The van der Waals surface area contributed by atoms with Crippen molar-refractivity contribution in [1.29, 1.82) is 0 Å². The van der Waals surface area contributed by atoms with Crippen molar-refractivity contribution in [3.63, 3.8) is 0 Å². The normalized spacial score (nSPS) is 11.5. The monoisotopic (exact) mass is 242 g/mol. The Labute approximate surface area is 104 Å². The Kier molecular flexibility index (Phi) is 2.37. The standard InChI is InChI=1S/C14H14N2O2/c1-8(2)12-14(17)16-13(15-12)10-7-18-11-6-4-3-5-9(10)11/h3-8,17H,1-2H3,(H,15,16). The van der Waals surface area contributed by atoms with Crippen LogP contribution in [0.5, 0.6) is 5.88 Å². The zero-order valence-electron chi connectivity index (χ0n) is 10.3. The van der Waals surface area contributed by atoms with Gasteiger partial charge in [-0.1, -0.05) is 32.0 Å². The van der Waals surface area contributed by atoms with Crippen molar-refractivity contribution in [3.8, 4) is 17.3 Å². The summed E-state index contributed by atoms with van der Waals surface area (Å²) in [5.74, 6) is 0.899. The van der Waals surface area contributed by atoms with E-state index in [9.17, 15) is 5.11 Å². The summed E-state index contributed by atoms with van der Waals surface area (Å²) in [6, 6.07) is 7.76. The maximum atomic E-state index is 9.80. The molecular formula is C14H14N2O2. The Morgan fingerprint density at radius 2 is 2.06 bits per heavy atom. The highest BCUT2D eigenvalue weighted by molar-refractivity contribution is 5.92. The molecule has 0 atom stereocenters. The van der Waals surface area contributed by atoms with Crippen molar-refractivity contribution in [2.75, 3.05) is 0 Å². The predicted molar refractivity (Wildman–Crippen MR) is 69.5 cm³/mol. The first-order chi connectivity index (χ1) is 8.66. The molecule has 0 saturated heterocycles. The Bertz CT molecular complexity index is 695. The van der Waals surface area contributed by atoms with Crippen LogP contribution in [0.25, 0.3) is 22.4 Å². The second-order valence-electron chi connectivity index (χ2n) is 4.62. The summed E-state index contributed by atoms with van der Waals surface area (Å²) in [7, 11) is 0. The highest BCUT2D eigenvalue weighted by Gasteiger charge is 2.16. The first kappa shape index (κ1) is 10.9. The summed E-state index contributed by atoms with van der Waals surface area (Å²) in [5, 5.41) is 10.8. The van der Waals surface area contributed by atoms with Gasteiger partial charge < -0.3 is 14.5 Å². The lowest BCUT2D eigenvalue weighted by atomic mass is 10.1. The van der Waals surface area contributed by atoms with Crippen LogP contribution in [0, 0.1) is 0 Å². The average Bonchev–Trinajstić information content (AvgIpc) is 2.92. The molecule has 0 amide bonds. The van der Waals surface area contributed by atoms with E-state index in [1.165, 1.54) is 0 Å². The van der Waals surface area contributed by atoms with Crippen LogP contribution >= 0.6 is 0 Å². The lowest BCUT2D eigenvalue weighted by Gasteiger charge is -1.99. The van der Waals surface area contributed by atoms with Crippen LogP contribution in [0.4, 0.5) is 0 Å². The fourth-order valence-corrected chi connectivity index (χ4v) is 2.07. The molecule has 0 aliphatic heterocycles. The number of H-pyrrole nitrogens is 1. The first-order valence-corrected chi connectivity index (χ1v) is 5.92. The lowest BCUT2D eigenvalue weighted by Crippen LogP contribution is -1.87. The number of benzene rings is 1. The van der Waals surface area contributed by atoms with E-state index in [2.05, 4.69) is 9.97 Å². The molecule has 0 unspecified atom stereocenters. The zero-order chi connectivity index (χ0) is 12.7. The smallest absolute Gasteiger partial charge is 0.233 e. The minimum Gasteiger partial charge on any atom is -0.492 e. The van der Waals surface area contributed by atoms with Crippen LogP contribution in [0.1, 0.15) is 25.5 Å². The van der Waals surface area contributed by atoms with E-state index in [1.807, 2.05) is 38.1 Å². The SMILES string of the molecule is CC(C)c1[nH]c(-c2coc3ccccc23)nc1O. The molecule has 0 radical (unpaired) electrons. The van der Waals surface area contributed by atoms with Gasteiger partial charge in [-0.2, -0.15) is 4.98 Å². The minimum absolute atomic E-state index is 0.0604. The molecule has 4 nitrogen and oxygen atoms in total. The molecule has 3 rings (SSSR count). The van der Waals surface area contributed by atoms with Crippen LogP contribution < -0.4 is 0 Å². The highest BCUT2D eigenvalue weighted by atomic mass is 16.3. The van der Waals surface area contributed by atoms with Crippen LogP contribution in [0.3, 0.4) is 0 Å². The second kappa shape index (κ2) is 3.91. The summed E-state index contributed by atoms with van der Waals surface area (Å²) in [5.41, 5.74) is 2.43. The van der Waals surface area contributed by atoms with Crippen molar-refractivity contribution in [2.24, 2.45) is 0 Å². The van der Waals surface area contributed by atoms with E-state index in [-0.39, 0.29) is 11.8 Å². The number of imidazole rings is 1. The first-order valence-electron chi connectivity index (χ1n) is 5.92. The van der Waals surface area contributed by atoms with Crippen molar-refractivity contribution >= 4 is 11.0 Å². The van der Waals surface area contributed by atoms with E-state index >= 15 is 0 Å². The van der Waals surface area contributed by atoms with Gasteiger partial charge in [0.05, 0.1) is 11.3 Å². The molecule has 0 aliphatic rings. The van der Waals surface area contributed by atoms with Crippen LogP contribution in [0.15, 0.2) is 34.9 Å². The van der Waals surface area contributed by atoms with Crippen molar-refractivity contribution in [3.05, 3.63) is 36.2 Å². The number of rotatable bonds is 2. The molecule has 92 valence electrons. The molecule has 4 heteroatoms. The highest BCUT2D eigenvalue weighted by Crippen LogP contribution is 2.32. The van der Waals surface area contributed by atoms with E-state index in [1.54, 1.807) is 6.26 Å². The van der Waals surface area contributed by atoms with Crippen molar-refractivity contribution in [2.45, 2.75) is 19.8 Å². The van der Waals surface area contributed by atoms with Crippen molar-refractivity contribution < 1.29 is 9.52 Å². The molecule has 0 bridgehead atoms. The molecule has 0 aliphatic carbocycles. The third-order valence-corrected chi connectivity index (χ3v) is 3.03. The maximum Gasteiger partial charge on any atom is 0.233 e. The van der Waals surface area contributed by atoms with Gasteiger partial charge in [-0.3, -0.25) is 0 Å². The van der Waals surface area contributed by atoms with Gasteiger partial charge in [0.25, 0.3) is 0 Å². The van der Waals surface area contributed by atoms with Gasteiger partial charge in [0.2, 0.25) is 5.88 Å². The number of fused-ring (bicyclic) bond motifs is 1. The number of nitrogens with one attached hydrogen (secondary N) is 1.